The number of benzene rings is 1. The number of terminal acetylenes is 1. The molecule has 0 bridgehead atoms. The van der Waals surface area contributed by atoms with Crippen molar-refractivity contribution >= 4 is 5.69 Å². The van der Waals surface area contributed by atoms with Gasteiger partial charge in [0.2, 0.25) is 0 Å². The minimum Gasteiger partial charge on any atom is -0.369 e. The van der Waals surface area contributed by atoms with Crippen molar-refractivity contribution < 1.29 is 0 Å². The van der Waals surface area contributed by atoms with Crippen LogP contribution in [0.3, 0.4) is 0 Å². The first-order chi connectivity index (χ1) is 8.22. The topological polar surface area (TPSA) is 6.48 Å². The van der Waals surface area contributed by atoms with Crippen LogP contribution in [0.5, 0.6) is 0 Å². The van der Waals surface area contributed by atoms with E-state index in [4.69, 9.17) is 6.42 Å². The second-order valence-electron chi connectivity index (χ2n) is 4.71. The average molecular weight is 228 g/mol. The highest BCUT2D eigenvalue weighted by molar-refractivity contribution is 5.59. The van der Waals surface area contributed by atoms with Gasteiger partial charge in [0.25, 0.3) is 0 Å². The van der Waals surface area contributed by atoms with Crippen molar-refractivity contribution in [3.63, 3.8) is 0 Å². The van der Waals surface area contributed by atoms with Gasteiger partial charge >= 0.3 is 0 Å². The van der Waals surface area contributed by atoms with E-state index < -0.39 is 0 Å². The van der Waals surface area contributed by atoms with Gasteiger partial charge in [0.05, 0.1) is 6.54 Å². The second-order valence-corrected chi connectivity index (χ2v) is 4.71. The van der Waals surface area contributed by atoms with Crippen molar-refractivity contribution in [2.45, 2.75) is 13.8 Å². The molecule has 2 nitrogen and oxygen atoms in total. The van der Waals surface area contributed by atoms with E-state index in [9.17, 15) is 0 Å². The molecule has 0 spiro atoms. The fraction of sp³-hybridized carbons (Fsp3) is 0.467. The van der Waals surface area contributed by atoms with Gasteiger partial charge in [-0.05, 0) is 25.0 Å². The molecule has 0 radical (unpaired) electrons. The summed E-state index contributed by atoms with van der Waals surface area (Å²) in [6.07, 6.45) is 5.35. The number of para-hydroxylation sites is 1. The number of hydrogen-bond donors (Lipinski definition) is 0. The Morgan fingerprint density at radius 1 is 1.12 bits per heavy atom. The van der Waals surface area contributed by atoms with Crippen LogP contribution in [-0.2, 0) is 0 Å². The molecule has 1 aliphatic rings. The number of rotatable bonds is 2. The Bertz CT molecular complexity index is 403. The molecule has 90 valence electrons. The Labute approximate surface area is 104 Å². The van der Waals surface area contributed by atoms with E-state index in [1.54, 1.807) is 0 Å². The maximum absolute atomic E-state index is 5.35. The van der Waals surface area contributed by atoms with Gasteiger partial charge in [-0.1, -0.05) is 24.1 Å². The third kappa shape index (κ3) is 2.62. The van der Waals surface area contributed by atoms with E-state index in [2.05, 4.69) is 47.8 Å². The van der Waals surface area contributed by atoms with E-state index in [0.29, 0.717) is 0 Å². The van der Waals surface area contributed by atoms with E-state index in [0.717, 1.165) is 32.7 Å². The number of nitrogens with zero attached hydrogens (tertiary/aromatic N) is 2. The smallest absolute Gasteiger partial charge is 0.0600 e. The molecule has 0 aromatic heterocycles. The van der Waals surface area contributed by atoms with Gasteiger partial charge in [-0.3, -0.25) is 4.90 Å². The lowest BCUT2D eigenvalue weighted by atomic mass is 10.1. The van der Waals surface area contributed by atoms with Crippen molar-refractivity contribution in [1.82, 2.24) is 4.90 Å². The first kappa shape index (κ1) is 12.0. The summed E-state index contributed by atoms with van der Waals surface area (Å²) in [5, 5.41) is 0. The molecule has 1 aromatic rings. The molecule has 1 saturated heterocycles. The molecule has 1 heterocycles. The number of anilines is 1. The first-order valence-corrected chi connectivity index (χ1v) is 6.19. The summed E-state index contributed by atoms with van der Waals surface area (Å²) in [4.78, 5) is 4.82. The molecule has 0 amide bonds. The van der Waals surface area contributed by atoms with Crippen LogP contribution in [0.2, 0.25) is 0 Å². The van der Waals surface area contributed by atoms with E-state index in [1.807, 2.05) is 0 Å². The van der Waals surface area contributed by atoms with Crippen LogP contribution in [0.25, 0.3) is 0 Å². The third-order valence-electron chi connectivity index (χ3n) is 3.44. The second kappa shape index (κ2) is 5.25. The van der Waals surface area contributed by atoms with Crippen LogP contribution < -0.4 is 4.90 Å². The van der Waals surface area contributed by atoms with Crippen LogP contribution in [-0.4, -0.2) is 37.6 Å². The third-order valence-corrected chi connectivity index (χ3v) is 3.44. The number of piperazine rings is 1. The lowest BCUT2D eigenvalue weighted by molar-refractivity contribution is 0.288. The Hall–Kier alpha value is -1.46. The fourth-order valence-corrected chi connectivity index (χ4v) is 2.56. The van der Waals surface area contributed by atoms with Gasteiger partial charge < -0.3 is 4.90 Å². The highest BCUT2D eigenvalue weighted by atomic mass is 15.3. The summed E-state index contributed by atoms with van der Waals surface area (Å²) in [5.74, 6) is 2.72. The predicted molar refractivity (Wildman–Crippen MR) is 73.4 cm³/mol. The molecule has 0 atom stereocenters. The van der Waals surface area contributed by atoms with Crippen molar-refractivity contribution in [2.24, 2.45) is 0 Å². The summed E-state index contributed by atoms with van der Waals surface area (Å²) < 4.78 is 0. The zero-order chi connectivity index (χ0) is 12.3. The van der Waals surface area contributed by atoms with Gasteiger partial charge in [-0.15, -0.1) is 6.42 Å². The zero-order valence-electron chi connectivity index (χ0n) is 10.7. The molecule has 17 heavy (non-hydrogen) atoms. The molecule has 1 fully saturated rings. The van der Waals surface area contributed by atoms with Crippen molar-refractivity contribution in [2.75, 3.05) is 37.6 Å². The first-order valence-electron chi connectivity index (χ1n) is 6.19. The Morgan fingerprint density at radius 2 is 1.71 bits per heavy atom. The fourth-order valence-electron chi connectivity index (χ4n) is 2.56. The molecular weight excluding hydrogens is 208 g/mol. The summed E-state index contributed by atoms with van der Waals surface area (Å²) in [6, 6.07) is 6.51. The van der Waals surface area contributed by atoms with Crippen LogP contribution >= 0.6 is 0 Å². The Kier molecular flexibility index (Phi) is 3.71. The lowest BCUT2D eigenvalue weighted by Gasteiger charge is -2.36. The molecule has 1 aliphatic heterocycles. The van der Waals surface area contributed by atoms with Crippen molar-refractivity contribution in [3.8, 4) is 12.3 Å². The summed E-state index contributed by atoms with van der Waals surface area (Å²) >= 11 is 0. The molecule has 0 unspecified atom stereocenters. The van der Waals surface area contributed by atoms with Crippen molar-refractivity contribution in [1.29, 1.82) is 0 Å². The normalized spacial score (nSPS) is 16.9. The minimum absolute atomic E-state index is 0.778. The molecule has 0 aliphatic carbocycles. The largest absolute Gasteiger partial charge is 0.369 e. The van der Waals surface area contributed by atoms with Gasteiger partial charge in [0.1, 0.15) is 0 Å². The maximum Gasteiger partial charge on any atom is 0.0600 e. The van der Waals surface area contributed by atoms with Gasteiger partial charge in [0.15, 0.2) is 0 Å². The van der Waals surface area contributed by atoms with Crippen molar-refractivity contribution in [3.05, 3.63) is 29.3 Å². The van der Waals surface area contributed by atoms with E-state index >= 15 is 0 Å². The maximum atomic E-state index is 5.35. The molecule has 2 rings (SSSR count). The summed E-state index contributed by atoms with van der Waals surface area (Å²) in [7, 11) is 0. The summed E-state index contributed by atoms with van der Waals surface area (Å²) in [5.41, 5.74) is 4.15. The monoisotopic (exact) mass is 228 g/mol. The van der Waals surface area contributed by atoms with E-state index in [1.165, 1.54) is 16.8 Å². The highest BCUT2D eigenvalue weighted by Crippen LogP contribution is 2.25. The SMILES string of the molecule is C#CCN1CCN(c2c(C)cccc2C)CC1. The van der Waals surface area contributed by atoms with Crippen LogP contribution in [0.1, 0.15) is 11.1 Å². The highest BCUT2D eigenvalue weighted by Gasteiger charge is 2.18. The van der Waals surface area contributed by atoms with Gasteiger partial charge in [0, 0.05) is 31.9 Å². The van der Waals surface area contributed by atoms with Crippen LogP contribution in [0.15, 0.2) is 18.2 Å². The number of hydrogen-bond acceptors (Lipinski definition) is 2. The Morgan fingerprint density at radius 3 is 2.24 bits per heavy atom. The molecule has 1 aromatic carbocycles. The van der Waals surface area contributed by atoms with Gasteiger partial charge in [-0.2, -0.15) is 0 Å². The molecule has 2 heteroatoms. The summed E-state index contributed by atoms with van der Waals surface area (Å²) in [6.45, 7) is 9.45. The molecular formula is C15H20N2. The van der Waals surface area contributed by atoms with Crippen LogP contribution in [0, 0.1) is 26.2 Å². The lowest BCUT2D eigenvalue weighted by Crippen LogP contribution is -2.46. The minimum atomic E-state index is 0.778. The Balaban J connectivity index is 2.08. The molecule has 0 saturated carbocycles. The predicted octanol–water partition coefficient (Wildman–Crippen LogP) is 2.06. The average Bonchev–Trinajstić information content (AvgIpc) is 2.31. The molecule has 0 N–H and O–H groups in total. The standard InChI is InChI=1S/C15H20N2/c1-4-8-16-9-11-17(12-10-16)15-13(2)6-5-7-14(15)3/h1,5-7H,8-12H2,2-3H3. The zero-order valence-corrected chi connectivity index (χ0v) is 10.7. The quantitative estimate of drug-likeness (QED) is 0.715. The van der Waals surface area contributed by atoms with E-state index in [-0.39, 0.29) is 0 Å². The van der Waals surface area contributed by atoms with Gasteiger partial charge in [-0.25, -0.2) is 0 Å². The number of aryl methyl sites for hydroxylation is 2. The van der Waals surface area contributed by atoms with Crippen LogP contribution in [0.4, 0.5) is 5.69 Å².